The molecule has 0 radical (unpaired) electrons. The fraction of sp³-hybridized carbons (Fsp3) is 0.316. The lowest BCUT2D eigenvalue weighted by Crippen LogP contribution is -2.29. The van der Waals surface area contributed by atoms with E-state index in [1.54, 1.807) is 0 Å². The highest BCUT2D eigenvalue weighted by Crippen LogP contribution is 2.23. The van der Waals surface area contributed by atoms with Crippen LogP contribution in [-0.2, 0) is 4.79 Å². The van der Waals surface area contributed by atoms with Crippen LogP contribution in [0.25, 0.3) is 0 Å². The molecule has 2 aromatic rings. The first-order valence-corrected chi connectivity index (χ1v) is 8.04. The minimum absolute atomic E-state index is 0.0810. The lowest BCUT2D eigenvalue weighted by Gasteiger charge is -2.20. The Morgan fingerprint density at radius 3 is 2.18 bits per heavy atom. The summed E-state index contributed by atoms with van der Waals surface area (Å²) in [6.45, 7) is 4.25. The third-order valence-electron chi connectivity index (χ3n) is 3.59. The number of amides is 1. The first kappa shape index (κ1) is 16.6. The van der Waals surface area contributed by atoms with Gasteiger partial charge in [-0.05, 0) is 35.6 Å². The molecule has 1 atom stereocenters. The third-order valence-corrected chi connectivity index (χ3v) is 3.84. The fourth-order valence-electron chi connectivity index (χ4n) is 2.31. The topological polar surface area (TPSA) is 29.1 Å². The van der Waals surface area contributed by atoms with E-state index in [1.165, 1.54) is 0 Å². The van der Waals surface area contributed by atoms with Crippen LogP contribution in [0, 0.1) is 5.92 Å². The van der Waals surface area contributed by atoms with E-state index in [9.17, 15) is 4.79 Å². The molecule has 0 saturated heterocycles. The van der Waals surface area contributed by atoms with Crippen LogP contribution < -0.4 is 5.32 Å². The molecular weight excluding hydrogens is 294 g/mol. The predicted molar refractivity (Wildman–Crippen MR) is 92.0 cm³/mol. The second-order valence-corrected chi connectivity index (χ2v) is 6.33. The molecular formula is C19H22ClNO. The molecule has 0 bridgehead atoms. The fourth-order valence-corrected chi connectivity index (χ4v) is 2.44. The Labute approximate surface area is 137 Å². The monoisotopic (exact) mass is 315 g/mol. The van der Waals surface area contributed by atoms with Crippen molar-refractivity contribution in [1.82, 2.24) is 5.32 Å². The van der Waals surface area contributed by atoms with Crippen molar-refractivity contribution in [2.45, 2.75) is 32.7 Å². The van der Waals surface area contributed by atoms with Crippen molar-refractivity contribution >= 4 is 17.5 Å². The number of carbonyl (C=O) groups excluding carboxylic acids is 1. The summed E-state index contributed by atoms with van der Waals surface area (Å²) in [6.07, 6.45) is 1.45. The Balaban J connectivity index is 2.19. The highest BCUT2D eigenvalue weighted by Gasteiger charge is 2.16. The van der Waals surface area contributed by atoms with E-state index in [-0.39, 0.29) is 11.9 Å². The van der Waals surface area contributed by atoms with Crippen molar-refractivity contribution in [2.24, 2.45) is 5.92 Å². The largest absolute Gasteiger partial charge is 0.345 e. The predicted octanol–water partition coefficient (Wildman–Crippen LogP) is 4.98. The van der Waals surface area contributed by atoms with Gasteiger partial charge in [0.05, 0.1) is 6.04 Å². The number of halogens is 1. The molecule has 2 nitrogen and oxygen atoms in total. The van der Waals surface area contributed by atoms with E-state index < -0.39 is 0 Å². The van der Waals surface area contributed by atoms with Crippen molar-refractivity contribution in [3.63, 3.8) is 0 Å². The van der Waals surface area contributed by atoms with E-state index in [4.69, 9.17) is 11.6 Å². The zero-order valence-corrected chi connectivity index (χ0v) is 13.8. The molecule has 0 aromatic heterocycles. The van der Waals surface area contributed by atoms with Gasteiger partial charge in [0.2, 0.25) is 5.91 Å². The minimum Gasteiger partial charge on any atom is -0.345 e. The summed E-state index contributed by atoms with van der Waals surface area (Å²) in [6, 6.07) is 17.5. The summed E-state index contributed by atoms with van der Waals surface area (Å²) in [7, 11) is 0. The zero-order chi connectivity index (χ0) is 15.9. The minimum atomic E-state index is -0.141. The van der Waals surface area contributed by atoms with Crippen molar-refractivity contribution in [3.8, 4) is 0 Å². The van der Waals surface area contributed by atoms with Gasteiger partial charge >= 0.3 is 0 Å². The van der Waals surface area contributed by atoms with Crippen LogP contribution in [0.4, 0.5) is 0 Å². The second kappa shape index (κ2) is 8.00. The average Bonchev–Trinajstić information content (AvgIpc) is 2.52. The quantitative estimate of drug-likeness (QED) is 0.800. The van der Waals surface area contributed by atoms with Gasteiger partial charge in [0, 0.05) is 11.4 Å². The Bertz CT molecular complexity index is 593. The molecule has 0 heterocycles. The third kappa shape index (κ3) is 4.88. The van der Waals surface area contributed by atoms with Gasteiger partial charge in [-0.1, -0.05) is 67.9 Å². The van der Waals surface area contributed by atoms with E-state index >= 15 is 0 Å². The van der Waals surface area contributed by atoms with Crippen molar-refractivity contribution < 1.29 is 4.79 Å². The van der Waals surface area contributed by atoms with E-state index in [0.717, 1.165) is 17.5 Å². The first-order valence-electron chi connectivity index (χ1n) is 7.66. The molecule has 1 N–H and O–H groups in total. The van der Waals surface area contributed by atoms with Crippen LogP contribution in [0.2, 0.25) is 5.02 Å². The Kier molecular flexibility index (Phi) is 6.02. The van der Waals surface area contributed by atoms with Gasteiger partial charge in [-0.15, -0.1) is 0 Å². The van der Waals surface area contributed by atoms with Crippen LogP contribution >= 0.6 is 11.6 Å². The number of hydrogen-bond acceptors (Lipinski definition) is 1. The van der Waals surface area contributed by atoms with Crippen LogP contribution in [0.1, 0.15) is 43.9 Å². The molecule has 1 unspecified atom stereocenters. The Morgan fingerprint density at radius 2 is 1.59 bits per heavy atom. The SMILES string of the molecule is CC(C)CCC(=O)NC(c1ccccc1)c1ccc(Cl)cc1. The van der Waals surface area contributed by atoms with Gasteiger partial charge < -0.3 is 5.32 Å². The molecule has 116 valence electrons. The van der Waals surface area contributed by atoms with E-state index in [0.29, 0.717) is 17.4 Å². The van der Waals surface area contributed by atoms with Crippen LogP contribution in [0.3, 0.4) is 0 Å². The molecule has 0 saturated carbocycles. The maximum atomic E-state index is 12.2. The highest BCUT2D eigenvalue weighted by atomic mass is 35.5. The first-order chi connectivity index (χ1) is 10.6. The summed E-state index contributed by atoms with van der Waals surface area (Å²) in [5.41, 5.74) is 2.11. The van der Waals surface area contributed by atoms with E-state index in [1.807, 2.05) is 54.6 Å². The van der Waals surface area contributed by atoms with Crippen LogP contribution in [0.5, 0.6) is 0 Å². The number of hydrogen-bond donors (Lipinski definition) is 1. The van der Waals surface area contributed by atoms with Crippen molar-refractivity contribution in [2.75, 3.05) is 0 Å². The molecule has 0 aliphatic carbocycles. The molecule has 1 amide bonds. The lowest BCUT2D eigenvalue weighted by atomic mass is 9.98. The lowest BCUT2D eigenvalue weighted by molar-refractivity contribution is -0.121. The molecule has 0 aliphatic rings. The van der Waals surface area contributed by atoms with Gasteiger partial charge in [0.1, 0.15) is 0 Å². The van der Waals surface area contributed by atoms with Gasteiger partial charge in [0.15, 0.2) is 0 Å². The summed E-state index contributed by atoms with van der Waals surface area (Å²) in [4.78, 5) is 12.2. The molecule has 0 spiro atoms. The summed E-state index contributed by atoms with van der Waals surface area (Å²) < 4.78 is 0. The van der Waals surface area contributed by atoms with Crippen LogP contribution in [-0.4, -0.2) is 5.91 Å². The molecule has 0 aliphatic heterocycles. The number of rotatable bonds is 6. The van der Waals surface area contributed by atoms with Crippen LogP contribution in [0.15, 0.2) is 54.6 Å². The smallest absolute Gasteiger partial charge is 0.220 e. The summed E-state index contributed by atoms with van der Waals surface area (Å²) in [5, 5.41) is 3.84. The maximum Gasteiger partial charge on any atom is 0.220 e. The van der Waals surface area contributed by atoms with Gasteiger partial charge in [-0.25, -0.2) is 0 Å². The van der Waals surface area contributed by atoms with E-state index in [2.05, 4.69) is 19.2 Å². The maximum absolute atomic E-state index is 12.2. The Hall–Kier alpha value is -1.80. The molecule has 22 heavy (non-hydrogen) atoms. The number of nitrogens with one attached hydrogen (secondary N) is 1. The molecule has 3 heteroatoms. The zero-order valence-electron chi connectivity index (χ0n) is 13.1. The highest BCUT2D eigenvalue weighted by molar-refractivity contribution is 6.30. The summed E-state index contributed by atoms with van der Waals surface area (Å²) >= 11 is 5.97. The summed E-state index contributed by atoms with van der Waals surface area (Å²) in [5.74, 6) is 0.606. The van der Waals surface area contributed by atoms with Gasteiger partial charge in [-0.2, -0.15) is 0 Å². The van der Waals surface area contributed by atoms with Crippen molar-refractivity contribution in [1.29, 1.82) is 0 Å². The molecule has 2 rings (SSSR count). The van der Waals surface area contributed by atoms with Gasteiger partial charge in [-0.3, -0.25) is 4.79 Å². The normalized spacial score (nSPS) is 12.2. The molecule has 0 fully saturated rings. The second-order valence-electron chi connectivity index (χ2n) is 5.90. The number of benzene rings is 2. The number of carbonyl (C=O) groups is 1. The molecule has 2 aromatic carbocycles. The van der Waals surface area contributed by atoms with Crippen molar-refractivity contribution in [3.05, 3.63) is 70.7 Å². The average molecular weight is 316 g/mol. The Morgan fingerprint density at radius 1 is 1.00 bits per heavy atom. The standard InChI is InChI=1S/C19H22ClNO/c1-14(2)8-13-18(22)21-19(15-6-4-3-5-7-15)16-9-11-17(20)12-10-16/h3-7,9-12,14,19H,8,13H2,1-2H3,(H,21,22). The van der Waals surface area contributed by atoms with Gasteiger partial charge in [0.25, 0.3) is 0 Å².